The summed E-state index contributed by atoms with van der Waals surface area (Å²) in [6.07, 6.45) is 4.10. The Bertz CT molecular complexity index is 181. The van der Waals surface area contributed by atoms with Crippen LogP contribution in [0.4, 0.5) is 0 Å². The average molecular weight is 213 g/mol. The molecular weight excluding hydrogens is 186 g/mol. The van der Waals surface area contributed by atoms with E-state index >= 15 is 0 Å². The second kappa shape index (κ2) is 6.86. The lowest BCUT2D eigenvalue weighted by Gasteiger charge is -2.19. The minimum atomic E-state index is 0.218. The van der Waals surface area contributed by atoms with Gasteiger partial charge in [-0.2, -0.15) is 0 Å². The van der Waals surface area contributed by atoms with Gasteiger partial charge in [0.25, 0.3) is 0 Å². The molecule has 1 unspecified atom stereocenters. The molecule has 1 N–H and O–H groups in total. The van der Waals surface area contributed by atoms with E-state index in [2.05, 4.69) is 39.9 Å². The Labute approximate surface area is 94.8 Å². The molecule has 0 radical (unpaired) electrons. The van der Waals surface area contributed by atoms with Crippen molar-refractivity contribution in [2.75, 3.05) is 6.54 Å². The number of amides is 1. The maximum Gasteiger partial charge on any atom is 0.223 e. The van der Waals surface area contributed by atoms with Crippen LogP contribution >= 0.6 is 0 Å². The second-order valence-electron chi connectivity index (χ2n) is 5.50. The highest BCUT2D eigenvalue weighted by atomic mass is 16.1. The van der Waals surface area contributed by atoms with Crippen LogP contribution in [0.3, 0.4) is 0 Å². The molecule has 15 heavy (non-hydrogen) atoms. The lowest BCUT2D eigenvalue weighted by molar-refractivity contribution is -0.125. The first kappa shape index (κ1) is 14.5. The van der Waals surface area contributed by atoms with Gasteiger partial charge in [-0.25, -0.2) is 0 Å². The summed E-state index contributed by atoms with van der Waals surface area (Å²) in [5.41, 5.74) is 0.305. The molecule has 0 aromatic carbocycles. The van der Waals surface area contributed by atoms with Gasteiger partial charge in [0.1, 0.15) is 0 Å². The number of rotatable bonds is 6. The van der Waals surface area contributed by atoms with E-state index in [4.69, 9.17) is 0 Å². The summed E-state index contributed by atoms with van der Waals surface area (Å²) in [4.78, 5) is 11.7. The van der Waals surface area contributed by atoms with Crippen LogP contribution in [-0.2, 0) is 4.79 Å². The molecule has 0 aliphatic rings. The average Bonchev–Trinajstić information content (AvgIpc) is 2.11. The van der Waals surface area contributed by atoms with Crippen LogP contribution < -0.4 is 5.32 Å². The molecule has 0 aromatic rings. The Morgan fingerprint density at radius 1 is 1.27 bits per heavy atom. The Hall–Kier alpha value is -0.530. The molecule has 0 saturated carbocycles. The summed E-state index contributed by atoms with van der Waals surface area (Å²) in [7, 11) is 0. The molecule has 0 aromatic heterocycles. The Kier molecular flexibility index (Phi) is 6.62. The maximum absolute atomic E-state index is 11.7. The molecule has 2 heteroatoms. The first-order valence-corrected chi connectivity index (χ1v) is 6.18. The van der Waals surface area contributed by atoms with Gasteiger partial charge in [-0.3, -0.25) is 4.79 Å². The van der Waals surface area contributed by atoms with Gasteiger partial charge in [-0.15, -0.1) is 0 Å². The SMILES string of the molecule is CCCC(CC)C(=O)NCCC(C)(C)C. The minimum absolute atomic E-state index is 0.218. The van der Waals surface area contributed by atoms with Crippen molar-refractivity contribution in [3.63, 3.8) is 0 Å². The molecule has 1 amide bonds. The van der Waals surface area contributed by atoms with Crippen molar-refractivity contribution in [3.8, 4) is 0 Å². The minimum Gasteiger partial charge on any atom is -0.356 e. The molecule has 0 saturated heterocycles. The highest BCUT2D eigenvalue weighted by Gasteiger charge is 2.16. The highest BCUT2D eigenvalue weighted by molar-refractivity contribution is 5.78. The molecule has 90 valence electrons. The van der Waals surface area contributed by atoms with Gasteiger partial charge < -0.3 is 5.32 Å². The first-order valence-electron chi connectivity index (χ1n) is 6.18. The lowest BCUT2D eigenvalue weighted by Crippen LogP contribution is -2.32. The van der Waals surface area contributed by atoms with Gasteiger partial charge in [0.15, 0.2) is 0 Å². The zero-order valence-electron chi connectivity index (χ0n) is 11.0. The van der Waals surface area contributed by atoms with Gasteiger partial charge in [-0.1, -0.05) is 41.0 Å². The van der Waals surface area contributed by atoms with Crippen LogP contribution in [-0.4, -0.2) is 12.5 Å². The summed E-state index contributed by atoms with van der Waals surface area (Å²) < 4.78 is 0. The van der Waals surface area contributed by atoms with E-state index < -0.39 is 0 Å². The summed E-state index contributed by atoms with van der Waals surface area (Å²) in [6.45, 7) is 11.6. The largest absolute Gasteiger partial charge is 0.356 e. The molecule has 0 rings (SSSR count). The van der Waals surface area contributed by atoms with Gasteiger partial charge in [0.2, 0.25) is 5.91 Å². The summed E-state index contributed by atoms with van der Waals surface area (Å²) in [5, 5.41) is 3.04. The second-order valence-corrected chi connectivity index (χ2v) is 5.50. The summed E-state index contributed by atoms with van der Waals surface area (Å²) in [5.74, 6) is 0.457. The highest BCUT2D eigenvalue weighted by Crippen LogP contribution is 2.17. The zero-order valence-corrected chi connectivity index (χ0v) is 11.0. The van der Waals surface area contributed by atoms with Crippen LogP contribution in [0.5, 0.6) is 0 Å². The zero-order chi connectivity index (χ0) is 11.9. The molecular formula is C13H27NO. The van der Waals surface area contributed by atoms with Crippen molar-refractivity contribution in [1.82, 2.24) is 5.32 Å². The predicted molar refractivity (Wildman–Crippen MR) is 65.8 cm³/mol. The summed E-state index contributed by atoms with van der Waals surface area (Å²) >= 11 is 0. The van der Waals surface area contributed by atoms with Crippen molar-refractivity contribution >= 4 is 5.91 Å². The van der Waals surface area contributed by atoms with E-state index in [9.17, 15) is 4.79 Å². The number of hydrogen-bond donors (Lipinski definition) is 1. The van der Waals surface area contributed by atoms with Crippen LogP contribution in [0.15, 0.2) is 0 Å². The van der Waals surface area contributed by atoms with E-state index in [0.29, 0.717) is 5.41 Å². The third-order valence-corrected chi connectivity index (χ3v) is 2.67. The van der Waals surface area contributed by atoms with Crippen LogP contribution in [0, 0.1) is 11.3 Å². The predicted octanol–water partition coefficient (Wildman–Crippen LogP) is 3.37. The van der Waals surface area contributed by atoms with E-state index in [0.717, 1.165) is 32.2 Å². The normalized spacial score (nSPS) is 13.7. The van der Waals surface area contributed by atoms with Gasteiger partial charge in [0.05, 0.1) is 0 Å². The van der Waals surface area contributed by atoms with Crippen molar-refractivity contribution in [1.29, 1.82) is 0 Å². The van der Waals surface area contributed by atoms with E-state index in [1.54, 1.807) is 0 Å². The van der Waals surface area contributed by atoms with Crippen molar-refractivity contribution in [3.05, 3.63) is 0 Å². The molecule has 0 spiro atoms. The molecule has 2 nitrogen and oxygen atoms in total. The van der Waals surface area contributed by atoms with E-state index in [1.807, 2.05) is 0 Å². The molecule has 0 bridgehead atoms. The summed E-state index contributed by atoms with van der Waals surface area (Å²) in [6, 6.07) is 0. The Morgan fingerprint density at radius 2 is 1.87 bits per heavy atom. The fraction of sp³-hybridized carbons (Fsp3) is 0.923. The van der Waals surface area contributed by atoms with Gasteiger partial charge in [-0.05, 0) is 24.7 Å². The number of hydrogen-bond acceptors (Lipinski definition) is 1. The third-order valence-electron chi connectivity index (χ3n) is 2.67. The molecule has 1 atom stereocenters. The van der Waals surface area contributed by atoms with E-state index in [-0.39, 0.29) is 11.8 Å². The van der Waals surface area contributed by atoms with Gasteiger partial charge >= 0.3 is 0 Å². The van der Waals surface area contributed by atoms with Gasteiger partial charge in [0, 0.05) is 12.5 Å². The maximum atomic E-state index is 11.7. The molecule has 0 aliphatic heterocycles. The fourth-order valence-electron chi connectivity index (χ4n) is 1.57. The topological polar surface area (TPSA) is 29.1 Å². The smallest absolute Gasteiger partial charge is 0.223 e. The number of nitrogens with one attached hydrogen (secondary N) is 1. The van der Waals surface area contributed by atoms with Crippen molar-refractivity contribution in [2.24, 2.45) is 11.3 Å². The lowest BCUT2D eigenvalue weighted by atomic mass is 9.92. The van der Waals surface area contributed by atoms with Crippen molar-refractivity contribution in [2.45, 2.75) is 60.3 Å². The van der Waals surface area contributed by atoms with Crippen LogP contribution in [0.1, 0.15) is 60.3 Å². The van der Waals surface area contributed by atoms with Crippen LogP contribution in [0.2, 0.25) is 0 Å². The Morgan fingerprint density at radius 3 is 2.27 bits per heavy atom. The third kappa shape index (κ3) is 7.40. The molecule has 0 heterocycles. The van der Waals surface area contributed by atoms with E-state index in [1.165, 1.54) is 0 Å². The molecule has 0 fully saturated rings. The van der Waals surface area contributed by atoms with Crippen molar-refractivity contribution < 1.29 is 4.79 Å². The monoisotopic (exact) mass is 213 g/mol. The fourth-order valence-corrected chi connectivity index (χ4v) is 1.57. The van der Waals surface area contributed by atoms with Crippen LogP contribution in [0.25, 0.3) is 0 Å². The standard InChI is InChI=1S/C13H27NO/c1-6-8-11(7-2)12(15)14-10-9-13(3,4)5/h11H,6-10H2,1-5H3,(H,14,15). The first-order chi connectivity index (χ1) is 6.90. The quantitative estimate of drug-likeness (QED) is 0.720. The number of carbonyl (C=O) groups excluding carboxylic acids is 1. The Balaban J connectivity index is 3.81. The number of carbonyl (C=O) groups is 1. The molecule has 0 aliphatic carbocycles.